The minimum Gasteiger partial charge on any atom is -0.383 e. The number of amides is 1. The highest BCUT2D eigenvalue weighted by molar-refractivity contribution is 7.91. The Morgan fingerprint density at radius 1 is 1.56 bits per heavy atom. The summed E-state index contributed by atoms with van der Waals surface area (Å²) in [4.78, 5) is 13.8. The van der Waals surface area contributed by atoms with E-state index in [1.807, 2.05) is 0 Å². The highest BCUT2D eigenvalue weighted by atomic mass is 35.5. The van der Waals surface area contributed by atoms with Gasteiger partial charge in [0.25, 0.3) is 0 Å². The molecule has 7 heteroatoms. The van der Waals surface area contributed by atoms with Crippen LogP contribution in [0.3, 0.4) is 0 Å². The van der Waals surface area contributed by atoms with Crippen molar-refractivity contribution in [3.05, 3.63) is 0 Å². The quantitative estimate of drug-likeness (QED) is 0.671. The number of hydrogen-bond donors (Lipinski definition) is 0. The zero-order chi connectivity index (χ0) is 13.8. The fourth-order valence-electron chi connectivity index (χ4n) is 2.03. The van der Waals surface area contributed by atoms with Crippen molar-refractivity contribution in [1.29, 1.82) is 0 Å². The molecule has 2 unspecified atom stereocenters. The summed E-state index contributed by atoms with van der Waals surface area (Å²) < 4.78 is 27.9. The van der Waals surface area contributed by atoms with Gasteiger partial charge in [-0.2, -0.15) is 0 Å². The zero-order valence-electron chi connectivity index (χ0n) is 10.8. The molecule has 5 nitrogen and oxygen atoms in total. The first-order valence-corrected chi connectivity index (χ1v) is 8.32. The number of methoxy groups -OCH3 is 1. The Labute approximate surface area is 113 Å². The Bertz CT molecular complexity index is 385. The number of halogens is 1. The second kappa shape index (κ2) is 6.73. The largest absolute Gasteiger partial charge is 0.383 e. The lowest BCUT2D eigenvalue weighted by atomic mass is 10.1. The summed E-state index contributed by atoms with van der Waals surface area (Å²) in [6.07, 6.45) is 0.507. The number of sulfone groups is 1. The van der Waals surface area contributed by atoms with Crippen LogP contribution < -0.4 is 0 Å². The van der Waals surface area contributed by atoms with Crippen LogP contribution in [-0.2, 0) is 19.4 Å². The van der Waals surface area contributed by atoms with Crippen molar-refractivity contribution in [3.8, 4) is 0 Å². The van der Waals surface area contributed by atoms with Gasteiger partial charge in [0.1, 0.15) is 0 Å². The zero-order valence-corrected chi connectivity index (χ0v) is 12.3. The molecule has 0 N–H and O–H groups in total. The molecule has 0 saturated carbocycles. The summed E-state index contributed by atoms with van der Waals surface area (Å²) in [5.74, 6) is 0.0547. The van der Waals surface area contributed by atoms with Gasteiger partial charge in [0.15, 0.2) is 9.84 Å². The Kier molecular flexibility index (Phi) is 5.88. The number of hydrogen-bond acceptors (Lipinski definition) is 4. The van der Waals surface area contributed by atoms with Crippen molar-refractivity contribution in [1.82, 2.24) is 4.90 Å². The van der Waals surface area contributed by atoms with Gasteiger partial charge < -0.3 is 9.64 Å². The molecule has 0 bridgehead atoms. The number of carbonyl (C=O) groups is 1. The highest BCUT2D eigenvalue weighted by Crippen LogP contribution is 2.20. The van der Waals surface area contributed by atoms with Crippen LogP contribution in [0, 0.1) is 5.92 Å². The molecule has 1 saturated heterocycles. The average Bonchev–Trinajstić information content (AvgIpc) is 2.68. The smallest absolute Gasteiger partial charge is 0.226 e. The molecule has 18 heavy (non-hydrogen) atoms. The number of ether oxygens (including phenoxy) is 1. The lowest BCUT2D eigenvalue weighted by molar-refractivity contribution is -0.136. The molecule has 0 aromatic heterocycles. The summed E-state index contributed by atoms with van der Waals surface area (Å²) in [5, 5.41) is 0. The van der Waals surface area contributed by atoms with Crippen LogP contribution in [0.15, 0.2) is 0 Å². The molecule has 0 spiro atoms. The van der Waals surface area contributed by atoms with E-state index in [4.69, 9.17) is 16.3 Å². The third-order valence-electron chi connectivity index (χ3n) is 3.12. The monoisotopic (exact) mass is 297 g/mol. The Morgan fingerprint density at radius 2 is 2.22 bits per heavy atom. The number of nitrogens with zero attached hydrogens (tertiary/aromatic N) is 1. The lowest BCUT2D eigenvalue weighted by Crippen LogP contribution is -2.45. The van der Waals surface area contributed by atoms with Crippen molar-refractivity contribution in [2.45, 2.75) is 19.4 Å². The predicted molar refractivity (Wildman–Crippen MR) is 70.5 cm³/mol. The molecule has 106 valence electrons. The summed E-state index contributed by atoms with van der Waals surface area (Å²) in [7, 11) is -1.44. The normalized spacial score (nSPS) is 23.8. The summed E-state index contributed by atoms with van der Waals surface area (Å²) in [5.41, 5.74) is 0. The van der Waals surface area contributed by atoms with Crippen LogP contribution >= 0.6 is 11.6 Å². The molecule has 1 aliphatic rings. The van der Waals surface area contributed by atoms with Crippen LogP contribution in [0.1, 0.15) is 13.3 Å². The molecule has 0 radical (unpaired) electrons. The second-order valence-corrected chi connectivity index (χ2v) is 7.17. The molecular formula is C11H20ClNO4S. The minimum atomic E-state index is -3.00. The number of alkyl halides is 1. The van der Waals surface area contributed by atoms with Gasteiger partial charge in [0.2, 0.25) is 5.91 Å². The standard InChI is InChI=1S/C11H20ClNO4S/c1-9(7-12)11(14)13(4-5-17-2)10-3-6-18(15,16)8-10/h9-10H,3-8H2,1-2H3. The first-order chi connectivity index (χ1) is 8.41. The van der Waals surface area contributed by atoms with Crippen molar-refractivity contribution >= 4 is 27.3 Å². The van der Waals surface area contributed by atoms with Gasteiger partial charge >= 0.3 is 0 Å². The molecular weight excluding hydrogens is 278 g/mol. The van der Waals surface area contributed by atoms with Gasteiger partial charge in [-0.3, -0.25) is 4.79 Å². The maximum absolute atomic E-state index is 12.2. The van der Waals surface area contributed by atoms with Crippen molar-refractivity contribution in [2.24, 2.45) is 5.92 Å². The molecule has 1 rings (SSSR count). The average molecular weight is 298 g/mol. The van der Waals surface area contributed by atoms with E-state index < -0.39 is 9.84 Å². The third kappa shape index (κ3) is 4.10. The van der Waals surface area contributed by atoms with E-state index in [9.17, 15) is 13.2 Å². The van der Waals surface area contributed by atoms with Crippen molar-refractivity contribution < 1.29 is 17.9 Å². The topological polar surface area (TPSA) is 63.7 Å². The van der Waals surface area contributed by atoms with E-state index in [0.29, 0.717) is 19.6 Å². The fourth-order valence-corrected chi connectivity index (χ4v) is 3.90. The van der Waals surface area contributed by atoms with Gasteiger partial charge in [-0.25, -0.2) is 8.42 Å². The van der Waals surface area contributed by atoms with E-state index in [0.717, 1.165) is 0 Å². The molecule has 1 aliphatic heterocycles. The van der Waals surface area contributed by atoms with Crippen molar-refractivity contribution in [2.75, 3.05) is 37.6 Å². The summed E-state index contributed by atoms with van der Waals surface area (Å²) in [6, 6.07) is -0.233. The molecule has 2 atom stereocenters. The molecule has 1 amide bonds. The van der Waals surface area contributed by atoms with Crippen LogP contribution in [0.2, 0.25) is 0 Å². The predicted octanol–water partition coefficient (Wildman–Crippen LogP) is 0.523. The van der Waals surface area contributed by atoms with Crippen molar-refractivity contribution in [3.63, 3.8) is 0 Å². The third-order valence-corrected chi connectivity index (χ3v) is 5.33. The summed E-state index contributed by atoms with van der Waals surface area (Å²) in [6.45, 7) is 2.56. The van der Waals surface area contributed by atoms with Crippen LogP contribution in [0.25, 0.3) is 0 Å². The van der Waals surface area contributed by atoms with Gasteiger partial charge in [-0.1, -0.05) is 6.92 Å². The Balaban J connectivity index is 2.75. The molecule has 1 fully saturated rings. The van der Waals surface area contributed by atoms with E-state index >= 15 is 0 Å². The first-order valence-electron chi connectivity index (χ1n) is 5.97. The van der Waals surface area contributed by atoms with Gasteiger partial charge in [-0.15, -0.1) is 11.6 Å². The Morgan fingerprint density at radius 3 is 2.67 bits per heavy atom. The van der Waals surface area contributed by atoms with E-state index in [-0.39, 0.29) is 35.3 Å². The van der Waals surface area contributed by atoms with Gasteiger partial charge in [0, 0.05) is 31.5 Å². The maximum Gasteiger partial charge on any atom is 0.226 e. The first kappa shape index (κ1) is 15.7. The molecule has 0 aromatic rings. The second-order valence-electron chi connectivity index (χ2n) is 4.64. The van der Waals surface area contributed by atoms with E-state index in [1.165, 1.54) is 0 Å². The molecule has 1 heterocycles. The fraction of sp³-hybridized carbons (Fsp3) is 0.909. The van der Waals surface area contributed by atoms with E-state index in [2.05, 4.69) is 0 Å². The maximum atomic E-state index is 12.2. The SMILES string of the molecule is COCCN(C(=O)C(C)CCl)C1CCS(=O)(=O)C1. The number of rotatable bonds is 6. The lowest BCUT2D eigenvalue weighted by Gasteiger charge is -2.30. The molecule has 0 aliphatic carbocycles. The van der Waals surface area contributed by atoms with Crippen LogP contribution in [-0.4, -0.2) is 62.9 Å². The minimum absolute atomic E-state index is 0.0530. The number of carbonyl (C=O) groups excluding carboxylic acids is 1. The van der Waals surface area contributed by atoms with Crippen LogP contribution in [0.5, 0.6) is 0 Å². The highest BCUT2D eigenvalue weighted by Gasteiger charge is 2.35. The van der Waals surface area contributed by atoms with Crippen LogP contribution in [0.4, 0.5) is 0 Å². The van der Waals surface area contributed by atoms with Gasteiger partial charge in [-0.05, 0) is 6.42 Å². The van der Waals surface area contributed by atoms with E-state index in [1.54, 1.807) is 18.9 Å². The Hall–Kier alpha value is -0.330. The van der Waals surface area contributed by atoms with Gasteiger partial charge in [0.05, 0.1) is 18.1 Å². The summed E-state index contributed by atoms with van der Waals surface area (Å²) >= 11 is 5.69. The molecule has 0 aromatic carbocycles.